The number of nitrogens with zero attached hydrogens (tertiary/aromatic N) is 5. The van der Waals surface area contributed by atoms with Crippen molar-refractivity contribution in [1.82, 2.24) is 30.4 Å². The minimum absolute atomic E-state index is 0.0300. The fraction of sp³-hybridized carbons (Fsp3) is 0.250. The summed E-state index contributed by atoms with van der Waals surface area (Å²) in [4.78, 5) is 15.5. The topological polar surface area (TPSA) is 75.9 Å². The number of hydrogen-bond donors (Lipinski definition) is 1. The summed E-state index contributed by atoms with van der Waals surface area (Å²) in [6.45, 7) is 1.90. The number of thiophene rings is 1. The highest BCUT2D eigenvalue weighted by Crippen LogP contribution is 2.28. The zero-order valence-electron chi connectivity index (χ0n) is 12.9. The molecule has 0 bridgehead atoms. The number of carbonyl (C=O) groups excluding carboxylic acids is 1. The van der Waals surface area contributed by atoms with E-state index in [0.717, 1.165) is 22.9 Å². The van der Waals surface area contributed by atoms with Gasteiger partial charge in [-0.1, -0.05) is 24.3 Å². The second kappa shape index (κ2) is 6.50. The van der Waals surface area contributed by atoms with Crippen LogP contribution >= 0.6 is 11.3 Å². The van der Waals surface area contributed by atoms with E-state index >= 15 is 0 Å². The predicted molar refractivity (Wildman–Crippen MR) is 89.6 cm³/mol. The van der Waals surface area contributed by atoms with Crippen molar-refractivity contribution in [2.45, 2.75) is 12.6 Å². The van der Waals surface area contributed by atoms with Crippen LogP contribution in [0.15, 0.2) is 47.8 Å². The first-order valence-corrected chi connectivity index (χ1v) is 8.59. The molecule has 4 rings (SSSR count). The summed E-state index contributed by atoms with van der Waals surface area (Å²) in [5, 5.41) is 17.0. The molecule has 24 heavy (non-hydrogen) atoms. The lowest BCUT2D eigenvalue weighted by atomic mass is 10.1. The van der Waals surface area contributed by atoms with Crippen molar-refractivity contribution in [3.8, 4) is 5.69 Å². The summed E-state index contributed by atoms with van der Waals surface area (Å²) in [5.74, 6) is 0.750. The van der Waals surface area contributed by atoms with Crippen LogP contribution < -0.4 is 5.32 Å². The molecule has 0 spiro atoms. The Kier molecular flexibility index (Phi) is 4.06. The van der Waals surface area contributed by atoms with Crippen LogP contribution in [0, 0.1) is 0 Å². The Labute approximate surface area is 142 Å². The largest absolute Gasteiger partial charge is 0.353 e. The van der Waals surface area contributed by atoms with Gasteiger partial charge in [0, 0.05) is 18.0 Å². The van der Waals surface area contributed by atoms with Gasteiger partial charge in [-0.05, 0) is 34.0 Å². The molecule has 1 amide bonds. The Morgan fingerprint density at radius 2 is 2.08 bits per heavy atom. The molecule has 1 N–H and O–H groups in total. The quantitative estimate of drug-likeness (QED) is 0.777. The first kappa shape index (κ1) is 15.0. The second-order valence-corrected chi connectivity index (χ2v) is 6.50. The fourth-order valence-electron chi connectivity index (χ4n) is 2.90. The van der Waals surface area contributed by atoms with Gasteiger partial charge in [0.05, 0.1) is 12.2 Å². The summed E-state index contributed by atoms with van der Waals surface area (Å²) >= 11 is 1.59. The van der Waals surface area contributed by atoms with E-state index in [1.165, 1.54) is 0 Å². The minimum atomic E-state index is -0.292. The van der Waals surface area contributed by atoms with Gasteiger partial charge in [-0.15, -0.1) is 16.4 Å². The van der Waals surface area contributed by atoms with Crippen molar-refractivity contribution in [2.75, 3.05) is 13.1 Å². The third kappa shape index (κ3) is 2.81. The molecule has 0 aliphatic carbocycles. The number of amides is 1. The van der Waals surface area contributed by atoms with Crippen LogP contribution in [0.5, 0.6) is 0 Å². The van der Waals surface area contributed by atoms with Crippen LogP contribution in [0.2, 0.25) is 0 Å². The maximum atomic E-state index is 12.4. The van der Waals surface area contributed by atoms with Crippen molar-refractivity contribution in [2.24, 2.45) is 0 Å². The molecule has 0 saturated carbocycles. The Balaban J connectivity index is 1.63. The average molecular weight is 340 g/mol. The van der Waals surface area contributed by atoms with E-state index in [1.54, 1.807) is 16.0 Å². The fourth-order valence-corrected chi connectivity index (χ4v) is 3.75. The summed E-state index contributed by atoms with van der Waals surface area (Å²) in [6.07, 6.45) is 0. The van der Waals surface area contributed by atoms with Gasteiger partial charge in [0.2, 0.25) is 5.91 Å². The number of nitrogens with one attached hydrogen (secondary N) is 1. The van der Waals surface area contributed by atoms with Crippen LogP contribution in [0.25, 0.3) is 5.69 Å². The summed E-state index contributed by atoms with van der Waals surface area (Å²) in [6, 6.07) is 13.4. The van der Waals surface area contributed by atoms with Gasteiger partial charge >= 0.3 is 0 Å². The Morgan fingerprint density at radius 1 is 1.21 bits per heavy atom. The predicted octanol–water partition coefficient (Wildman–Crippen LogP) is 1.40. The zero-order chi connectivity index (χ0) is 16.4. The van der Waals surface area contributed by atoms with Crippen molar-refractivity contribution in [1.29, 1.82) is 0 Å². The van der Waals surface area contributed by atoms with Gasteiger partial charge in [-0.2, -0.15) is 4.68 Å². The average Bonchev–Trinajstić information content (AvgIpc) is 3.28. The highest BCUT2D eigenvalue weighted by atomic mass is 32.1. The van der Waals surface area contributed by atoms with E-state index in [2.05, 4.69) is 25.7 Å². The highest BCUT2D eigenvalue weighted by Gasteiger charge is 2.32. The molecule has 1 aliphatic rings. The van der Waals surface area contributed by atoms with Crippen LogP contribution in [-0.4, -0.2) is 44.1 Å². The lowest BCUT2D eigenvalue weighted by molar-refractivity contribution is -0.129. The lowest BCUT2D eigenvalue weighted by Gasteiger charge is -2.33. The maximum absolute atomic E-state index is 12.4. The molecule has 0 unspecified atom stereocenters. The molecule has 0 radical (unpaired) electrons. The van der Waals surface area contributed by atoms with E-state index in [1.807, 2.05) is 47.8 Å². The molecule has 7 nitrogen and oxygen atoms in total. The monoisotopic (exact) mass is 340 g/mol. The first-order chi connectivity index (χ1) is 11.8. The van der Waals surface area contributed by atoms with Crippen molar-refractivity contribution in [3.05, 3.63) is 58.5 Å². The number of piperazine rings is 1. The van der Waals surface area contributed by atoms with Gasteiger partial charge in [-0.25, -0.2) is 0 Å². The molecule has 2 aromatic heterocycles. The summed E-state index contributed by atoms with van der Waals surface area (Å²) in [5.41, 5.74) is 0.909. The van der Waals surface area contributed by atoms with Crippen molar-refractivity contribution in [3.63, 3.8) is 0 Å². The Morgan fingerprint density at radius 3 is 2.88 bits per heavy atom. The number of rotatable bonds is 4. The van der Waals surface area contributed by atoms with Crippen LogP contribution in [0.4, 0.5) is 0 Å². The van der Waals surface area contributed by atoms with Crippen molar-refractivity contribution >= 4 is 17.2 Å². The third-order valence-corrected chi connectivity index (χ3v) is 4.93. The molecule has 3 aromatic rings. The molecule has 3 heterocycles. The Hall–Kier alpha value is -2.58. The number of aromatic nitrogens is 4. The first-order valence-electron chi connectivity index (χ1n) is 7.71. The van der Waals surface area contributed by atoms with Gasteiger partial charge in [0.25, 0.3) is 0 Å². The SMILES string of the molecule is O=C1NCCN(Cc2nnnn2-c2ccccc2)[C@@H]1c1cccs1. The molecular formula is C16H16N6OS. The lowest BCUT2D eigenvalue weighted by Crippen LogP contribution is -2.49. The maximum Gasteiger partial charge on any atom is 0.242 e. The number of para-hydroxylation sites is 1. The molecule has 122 valence electrons. The van der Waals surface area contributed by atoms with Crippen molar-refractivity contribution < 1.29 is 4.79 Å². The van der Waals surface area contributed by atoms with Gasteiger partial charge in [-0.3, -0.25) is 9.69 Å². The van der Waals surface area contributed by atoms with E-state index in [-0.39, 0.29) is 11.9 Å². The number of benzene rings is 1. The molecule has 1 aliphatic heterocycles. The zero-order valence-corrected chi connectivity index (χ0v) is 13.7. The molecule has 1 aromatic carbocycles. The smallest absolute Gasteiger partial charge is 0.242 e. The van der Waals surface area contributed by atoms with Gasteiger partial charge in [0.15, 0.2) is 5.82 Å². The van der Waals surface area contributed by atoms with Gasteiger partial charge in [0.1, 0.15) is 6.04 Å². The van der Waals surface area contributed by atoms with Crippen LogP contribution in [0.3, 0.4) is 0 Å². The molecule has 1 fully saturated rings. The molecule has 1 saturated heterocycles. The van der Waals surface area contributed by atoms with E-state index < -0.39 is 0 Å². The summed E-state index contributed by atoms with van der Waals surface area (Å²) < 4.78 is 1.72. The summed E-state index contributed by atoms with van der Waals surface area (Å²) in [7, 11) is 0. The van der Waals surface area contributed by atoms with E-state index in [0.29, 0.717) is 13.1 Å². The third-order valence-electron chi connectivity index (χ3n) is 4.00. The number of hydrogen-bond acceptors (Lipinski definition) is 6. The van der Waals surface area contributed by atoms with Crippen LogP contribution in [-0.2, 0) is 11.3 Å². The van der Waals surface area contributed by atoms with Crippen LogP contribution in [0.1, 0.15) is 16.7 Å². The molecular weight excluding hydrogens is 324 g/mol. The van der Waals surface area contributed by atoms with E-state index in [4.69, 9.17) is 0 Å². The van der Waals surface area contributed by atoms with Gasteiger partial charge < -0.3 is 5.32 Å². The number of tetrazole rings is 1. The molecule has 1 atom stereocenters. The Bertz CT molecular complexity index is 816. The normalized spacial score (nSPS) is 18.5. The number of carbonyl (C=O) groups is 1. The second-order valence-electron chi connectivity index (χ2n) is 5.52. The van der Waals surface area contributed by atoms with E-state index in [9.17, 15) is 4.79 Å². The minimum Gasteiger partial charge on any atom is -0.353 e. The molecule has 8 heteroatoms. The highest BCUT2D eigenvalue weighted by molar-refractivity contribution is 7.10. The standard InChI is InChI=1S/C16H16N6OS/c23-16-15(13-7-4-10-24-13)21(9-8-17-16)11-14-18-19-20-22(14)12-5-2-1-3-6-12/h1-7,10,15H,8-9,11H2,(H,17,23)/t15-/m1/s1.